The zero-order valence-electron chi connectivity index (χ0n) is 40.2. The summed E-state index contributed by atoms with van der Waals surface area (Å²) >= 11 is 0. The third-order valence-electron chi connectivity index (χ3n) is 12.2. The maximum atomic E-state index is 12.4. The number of hydrogen-bond acceptors (Lipinski definition) is 5. The van der Waals surface area contributed by atoms with E-state index in [4.69, 9.17) is 4.74 Å². The van der Waals surface area contributed by atoms with E-state index >= 15 is 0 Å². The average Bonchev–Trinajstić information content (AvgIpc) is 3.25. The minimum absolute atomic E-state index is 0.0000552. The number of unbranched alkanes of at least 4 members (excludes halogenated alkanes) is 34. The molecule has 0 saturated heterocycles. The summed E-state index contributed by atoms with van der Waals surface area (Å²) in [5.74, 6) is -0.0440. The van der Waals surface area contributed by atoms with Crippen molar-refractivity contribution >= 4 is 11.9 Å². The summed E-state index contributed by atoms with van der Waals surface area (Å²) in [7, 11) is 0. The Labute approximate surface area is 373 Å². The number of amides is 1. The summed E-state index contributed by atoms with van der Waals surface area (Å²) in [5, 5.41) is 23.1. The molecule has 0 radical (unpaired) electrons. The number of hydrogen-bond donors (Lipinski definition) is 3. The molecule has 354 valence electrons. The molecule has 0 aliphatic rings. The molecular formula is C54H103NO5. The number of carbonyl (C=O) groups is 2. The highest BCUT2D eigenvalue weighted by molar-refractivity contribution is 5.76. The highest BCUT2D eigenvalue weighted by Crippen LogP contribution is 2.16. The molecule has 0 spiro atoms. The fraction of sp³-hybridized carbons (Fsp3) is 0.889. The molecule has 0 fully saturated rings. The van der Waals surface area contributed by atoms with Gasteiger partial charge in [-0.15, -0.1) is 0 Å². The van der Waals surface area contributed by atoms with Gasteiger partial charge in [0, 0.05) is 12.8 Å². The first-order valence-corrected chi connectivity index (χ1v) is 26.6. The Hall–Kier alpha value is -1.66. The molecular weight excluding hydrogens is 743 g/mol. The van der Waals surface area contributed by atoms with E-state index in [1.807, 2.05) is 0 Å². The molecule has 3 N–H and O–H groups in total. The summed E-state index contributed by atoms with van der Waals surface area (Å²) in [6, 6.07) is -0.543. The van der Waals surface area contributed by atoms with E-state index in [9.17, 15) is 19.8 Å². The van der Waals surface area contributed by atoms with E-state index in [0.717, 1.165) is 44.9 Å². The maximum Gasteiger partial charge on any atom is 0.305 e. The van der Waals surface area contributed by atoms with Crippen molar-refractivity contribution in [1.29, 1.82) is 0 Å². The fourth-order valence-corrected chi connectivity index (χ4v) is 8.08. The van der Waals surface area contributed by atoms with Crippen molar-refractivity contribution in [3.63, 3.8) is 0 Å². The van der Waals surface area contributed by atoms with Crippen LogP contribution in [0.3, 0.4) is 0 Å². The predicted octanol–water partition coefficient (Wildman–Crippen LogP) is 15.9. The van der Waals surface area contributed by atoms with Crippen LogP contribution in [0, 0.1) is 0 Å². The van der Waals surface area contributed by atoms with Crippen molar-refractivity contribution in [3.8, 4) is 0 Å². The fourth-order valence-electron chi connectivity index (χ4n) is 8.08. The normalized spacial score (nSPS) is 12.8. The number of nitrogens with one attached hydrogen (secondary N) is 1. The Morgan fingerprint density at radius 2 is 0.800 bits per heavy atom. The van der Waals surface area contributed by atoms with Gasteiger partial charge in [-0.25, -0.2) is 0 Å². The molecule has 6 heteroatoms. The zero-order valence-corrected chi connectivity index (χ0v) is 40.2. The van der Waals surface area contributed by atoms with Crippen LogP contribution in [0.15, 0.2) is 24.3 Å². The second-order valence-corrected chi connectivity index (χ2v) is 18.2. The Morgan fingerprint density at radius 3 is 1.23 bits per heavy atom. The van der Waals surface area contributed by atoms with Gasteiger partial charge < -0.3 is 20.3 Å². The number of aliphatic hydroxyl groups excluding tert-OH is 2. The third kappa shape index (κ3) is 45.9. The molecule has 2 atom stereocenters. The first-order chi connectivity index (χ1) is 29.5. The van der Waals surface area contributed by atoms with Crippen LogP contribution in [0.5, 0.6) is 0 Å². The van der Waals surface area contributed by atoms with Gasteiger partial charge in [0.25, 0.3) is 0 Å². The highest BCUT2D eigenvalue weighted by Gasteiger charge is 2.20. The second-order valence-electron chi connectivity index (χ2n) is 18.2. The smallest absolute Gasteiger partial charge is 0.305 e. The summed E-state index contributed by atoms with van der Waals surface area (Å²) in [4.78, 5) is 24.4. The van der Waals surface area contributed by atoms with E-state index < -0.39 is 12.1 Å². The lowest BCUT2D eigenvalue weighted by molar-refractivity contribution is -0.143. The number of ether oxygens (including phenoxy) is 1. The van der Waals surface area contributed by atoms with Crippen molar-refractivity contribution in [3.05, 3.63) is 24.3 Å². The van der Waals surface area contributed by atoms with Crippen LogP contribution < -0.4 is 5.32 Å². The van der Waals surface area contributed by atoms with Crippen LogP contribution in [0.4, 0.5) is 0 Å². The summed E-state index contributed by atoms with van der Waals surface area (Å²) < 4.78 is 5.45. The van der Waals surface area contributed by atoms with Crippen LogP contribution in [-0.4, -0.2) is 47.4 Å². The lowest BCUT2D eigenvalue weighted by atomic mass is 10.0. The summed E-state index contributed by atoms with van der Waals surface area (Å²) in [5.41, 5.74) is 0. The standard InChI is InChI=1S/C54H103NO5/c1-3-5-7-9-11-13-27-32-36-40-44-48-54(59)60-49-45-41-37-33-29-26-24-22-20-18-16-14-15-17-19-21-23-25-28-31-35-39-43-47-53(58)55-51(50-56)52(57)46-42-38-34-30-12-10-8-6-4-2/h9,11,17,19,51-52,56-57H,3-8,10,12-16,18,20-50H2,1-2H3,(H,55,58)/b11-9-,19-17-. The van der Waals surface area contributed by atoms with E-state index in [1.165, 1.54) is 205 Å². The summed E-state index contributed by atoms with van der Waals surface area (Å²) in [6.45, 7) is 4.89. The lowest BCUT2D eigenvalue weighted by Crippen LogP contribution is -2.45. The van der Waals surface area contributed by atoms with Crippen LogP contribution in [0.1, 0.15) is 284 Å². The molecule has 0 aromatic heterocycles. The van der Waals surface area contributed by atoms with E-state index in [-0.39, 0.29) is 18.5 Å². The molecule has 0 rings (SSSR count). The van der Waals surface area contributed by atoms with E-state index in [2.05, 4.69) is 43.5 Å². The zero-order chi connectivity index (χ0) is 43.7. The lowest BCUT2D eigenvalue weighted by Gasteiger charge is -2.22. The topological polar surface area (TPSA) is 95.9 Å². The van der Waals surface area contributed by atoms with Gasteiger partial charge in [-0.2, -0.15) is 0 Å². The number of carbonyl (C=O) groups excluding carboxylic acids is 2. The van der Waals surface area contributed by atoms with Gasteiger partial charge >= 0.3 is 5.97 Å². The Balaban J connectivity index is 3.39. The van der Waals surface area contributed by atoms with E-state index in [0.29, 0.717) is 25.9 Å². The van der Waals surface area contributed by atoms with Gasteiger partial charge in [0.15, 0.2) is 0 Å². The SMILES string of the molecule is CCCC/C=C\CCCCCCCC(=O)OCCCCCCCCCCCCCC/C=C\CCCCCCCCCC(=O)NC(CO)C(O)CCCCCCCCCCC. The van der Waals surface area contributed by atoms with Crippen molar-refractivity contribution in [1.82, 2.24) is 5.32 Å². The molecule has 1 amide bonds. The molecule has 0 bridgehead atoms. The van der Waals surface area contributed by atoms with Gasteiger partial charge in [-0.05, 0) is 70.6 Å². The summed E-state index contributed by atoms with van der Waals surface area (Å²) in [6.07, 6.45) is 58.8. The first-order valence-electron chi connectivity index (χ1n) is 26.6. The predicted molar refractivity (Wildman–Crippen MR) is 260 cm³/mol. The Morgan fingerprint density at radius 1 is 0.450 bits per heavy atom. The van der Waals surface area contributed by atoms with Crippen LogP contribution in [0.2, 0.25) is 0 Å². The average molecular weight is 846 g/mol. The molecule has 0 heterocycles. The van der Waals surface area contributed by atoms with Crippen molar-refractivity contribution in [2.75, 3.05) is 13.2 Å². The quantitative estimate of drug-likeness (QED) is 0.0322. The molecule has 0 aromatic rings. The van der Waals surface area contributed by atoms with Crippen molar-refractivity contribution < 1.29 is 24.5 Å². The number of aliphatic hydroxyl groups is 2. The monoisotopic (exact) mass is 846 g/mol. The van der Waals surface area contributed by atoms with Gasteiger partial charge in [-0.1, -0.05) is 224 Å². The van der Waals surface area contributed by atoms with Crippen LogP contribution in [0.25, 0.3) is 0 Å². The van der Waals surface area contributed by atoms with Crippen molar-refractivity contribution in [2.45, 2.75) is 296 Å². The van der Waals surface area contributed by atoms with Gasteiger partial charge in [0.05, 0.1) is 25.4 Å². The van der Waals surface area contributed by atoms with Gasteiger partial charge in [0.2, 0.25) is 5.91 Å². The molecule has 0 aliphatic carbocycles. The number of rotatable bonds is 49. The molecule has 60 heavy (non-hydrogen) atoms. The maximum absolute atomic E-state index is 12.4. The Kier molecular flexibility index (Phi) is 48.6. The minimum atomic E-state index is -0.665. The molecule has 2 unspecified atom stereocenters. The van der Waals surface area contributed by atoms with Crippen LogP contribution >= 0.6 is 0 Å². The molecule has 0 saturated carbocycles. The molecule has 0 aromatic carbocycles. The van der Waals surface area contributed by atoms with E-state index in [1.54, 1.807) is 0 Å². The highest BCUT2D eigenvalue weighted by atomic mass is 16.5. The molecule has 6 nitrogen and oxygen atoms in total. The van der Waals surface area contributed by atoms with Gasteiger partial charge in [0.1, 0.15) is 0 Å². The minimum Gasteiger partial charge on any atom is -0.466 e. The second kappa shape index (κ2) is 50.0. The number of allylic oxidation sites excluding steroid dienone is 4. The third-order valence-corrected chi connectivity index (χ3v) is 12.2. The van der Waals surface area contributed by atoms with Gasteiger partial charge in [-0.3, -0.25) is 9.59 Å². The first kappa shape index (κ1) is 58.3. The van der Waals surface area contributed by atoms with Crippen LogP contribution in [-0.2, 0) is 14.3 Å². The Bertz CT molecular complexity index is 935. The number of esters is 1. The largest absolute Gasteiger partial charge is 0.466 e. The molecule has 0 aliphatic heterocycles. The van der Waals surface area contributed by atoms with Crippen molar-refractivity contribution in [2.24, 2.45) is 0 Å².